The first kappa shape index (κ1) is 13.9. The Morgan fingerprint density at radius 3 is 2.50 bits per heavy atom. The topological polar surface area (TPSA) is 41.1 Å². The van der Waals surface area contributed by atoms with Crippen LogP contribution < -0.4 is 10.6 Å². The Morgan fingerprint density at radius 2 is 1.85 bits per heavy atom. The van der Waals surface area contributed by atoms with Crippen LogP contribution >= 0.6 is 11.6 Å². The van der Waals surface area contributed by atoms with Crippen LogP contribution in [0.2, 0.25) is 5.02 Å². The van der Waals surface area contributed by atoms with Crippen LogP contribution in [0, 0.1) is 5.92 Å². The van der Waals surface area contributed by atoms with Crippen molar-refractivity contribution in [2.75, 3.05) is 0 Å². The molecule has 20 heavy (non-hydrogen) atoms. The number of piperidine rings is 1. The van der Waals surface area contributed by atoms with E-state index in [4.69, 9.17) is 11.6 Å². The van der Waals surface area contributed by atoms with Crippen LogP contribution in [0.25, 0.3) is 0 Å². The SMILES string of the molecule is O=C(CC1CC2CCC(C1)N2)NCc1ccc(Cl)cc1. The van der Waals surface area contributed by atoms with Gasteiger partial charge in [-0.3, -0.25) is 4.79 Å². The van der Waals surface area contributed by atoms with Crippen molar-refractivity contribution < 1.29 is 4.79 Å². The van der Waals surface area contributed by atoms with Crippen LogP contribution in [0.4, 0.5) is 0 Å². The maximum absolute atomic E-state index is 12.0. The molecule has 1 aromatic carbocycles. The molecule has 108 valence electrons. The van der Waals surface area contributed by atoms with Gasteiger partial charge in [-0.05, 0) is 49.3 Å². The average Bonchev–Trinajstić information content (AvgIpc) is 2.77. The van der Waals surface area contributed by atoms with Gasteiger partial charge in [0, 0.05) is 30.1 Å². The van der Waals surface area contributed by atoms with E-state index < -0.39 is 0 Å². The quantitative estimate of drug-likeness (QED) is 0.896. The van der Waals surface area contributed by atoms with Crippen molar-refractivity contribution in [3.05, 3.63) is 34.9 Å². The molecule has 0 saturated carbocycles. The molecule has 4 heteroatoms. The van der Waals surface area contributed by atoms with Crippen LogP contribution in [0.5, 0.6) is 0 Å². The van der Waals surface area contributed by atoms with Crippen molar-refractivity contribution >= 4 is 17.5 Å². The zero-order chi connectivity index (χ0) is 13.9. The first-order chi connectivity index (χ1) is 9.69. The van der Waals surface area contributed by atoms with E-state index in [0.717, 1.165) is 23.4 Å². The fourth-order valence-corrected chi connectivity index (χ4v) is 3.61. The molecule has 2 aliphatic heterocycles. The number of nitrogens with one attached hydrogen (secondary N) is 2. The second kappa shape index (κ2) is 6.15. The molecule has 2 N–H and O–H groups in total. The highest BCUT2D eigenvalue weighted by atomic mass is 35.5. The molecule has 1 amide bonds. The Bertz CT molecular complexity index is 462. The summed E-state index contributed by atoms with van der Waals surface area (Å²) in [6.45, 7) is 0.591. The van der Waals surface area contributed by atoms with Crippen LogP contribution in [-0.4, -0.2) is 18.0 Å². The molecule has 2 bridgehead atoms. The maximum Gasteiger partial charge on any atom is 0.220 e. The van der Waals surface area contributed by atoms with E-state index in [0.29, 0.717) is 31.0 Å². The van der Waals surface area contributed by atoms with Crippen molar-refractivity contribution in [2.45, 2.75) is 50.7 Å². The number of rotatable bonds is 4. The van der Waals surface area contributed by atoms with Gasteiger partial charge >= 0.3 is 0 Å². The molecule has 2 fully saturated rings. The standard InChI is InChI=1S/C16H21ClN2O/c17-13-3-1-11(2-4-13)10-18-16(20)9-12-7-14-5-6-15(8-12)19-14/h1-4,12,14-15,19H,5-10H2,(H,18,20). The second-order valence-corrected chi connectivity index (χ2v) is 6.52. The molecule has 3 nitrogen and oxygen atoms in total. The van der Waals surface area contributed by atoms with Gasteiger partial charge in [-0.1, -0.05) is 23.7 Å². The third-order valence-corrected chi connectivity index (χ3v) is 4.70. The number of benzene rings is 1. The number of halogens is 1. The predicted octanol–water partition coefficient (Wildman–Crippen LogP) is 2.88. The molecule has 2 aliphatic rings. The molecule has 0 radical (unpaired) electrons. The van der Waals surface area contributed by atoms with Crippen LogP contribution in [0.15, 0.2) is 24.3 Å². The molecule has 1 aromatic rings. The van der Waals surface area contributed by atoms with Crippen LogP contribution in [-0.2, 0) is 11.3 Å². The Labute approximate surface area is 125 Å². The number of hydrogen-bond acceptors (Lipinski definition) is 2. The third kappa shape index (κ3) is 3.53. The van der Waals surface area contributed by atoms with Crippen LogP contribution in [0.3, 0.4) is 0 Å². The molecule has 2 heterocycles. The summed E-state index contributed by atoms with van der Waals surface area (Å²) in [7, 11) is 0. The first-order valence-corrected chi connectivity index (χ1v) is 7.84. The first-order valence-electron chi connectivity index (χ1n) is 7.46. The normalized spacial score (nSPS) is 28.4. The predicted molar refractivity (Wildman–Crippen MR) is 80.6 cm³/mol. The minimum Gasteiger partial charge on any atom is -0.352 e. The second-order valence-electron chi connectivity index (χ2n) is 6.08. The Morgan fingerprint density at radius 1 is 1.20 bits per heavy atom. The molecule has 2 saturated heterocycles. The zero-order valence-corrected chi connectivity index (χ0v) is 12.3. The van der Waals surface area contributed by atoms with Crippen molar-refractivity contribution in [2.24, 2.45) is 5.92 Å². The van der Waals surface area contributed by atoms with Crippen molar-refractivity contribution in [1.82, 2.24) is 10.6 Å². The number of hydrogen-bond donors (Lipinski definition) is 2. The average molecular weight is 293 g/mol. The Balaban J connectivity index is 1.44. The maximum atomic E-state index is 12.0. The summed E-state index contributed by atoms with van der Waals surface area (Å²) in [6, 6.07) is 8.92. The van der Waals surface area contributed by atoms with Gasteiger partial charge in [-0.2, -0.15) is 0 Å². The molecule has 0 spiro atoms. The summed E-state index contributed by atoms with van der Waals surface area (Å²) in [6.07, 6.45) is 5.55. The van der Waals surface area contributed by atoms with Crippen molar-refractivity contribution in [3.63, 3.8) is 0 Å². The molecular weight excluding hydrogens is 272 g/mol. The highest BCUT2D eigenvalue weighted by Crippen LogP contribution is 2.32. The number of fused-ring (bicyclic) bond motifs is 2. The van der Waals surface area contributed by atoms with Gasteiger partial charge in [0.15, 0.2) is 0 Å². The Hall–Kier alpha value is -1.06. The summed E-state index contributed by atoms with van der Waals surface area (Å²) < 4.78 is 0. The van der Waals surface area contributed by atoms with E-state index in [-0.39, 0.29) is 5.91 Å². The highest BCUT2D eigenvalue weighted by molar-refractivity contribution is 6.30. The smallest absolute Gasteiger partial charge is 0.220 e. The molecule has 0 aliphatic carbocycles. The molecule has 0 aromatic heterocycles. The largest absolute Gasteiger partial charge is 0.352 e. The monoisotopic (exact) mass is 292 g/mol. The lowest BCUT2D eigenvalue weighted by Crippen LogP contribution is -2.39. The van der Waals surface area contributed by atoms with Crippen LogP contribution in [0.1, 0.15) is 37.7 Å². The van der Waals surface area contributed by atoms with Gasteiger partial charge in [0.2, 0.25) is 5.91 Å². The van der Waals surface area contributed by atoms with E-state index in [1.807, 2.05) is 24.3 Å². The summed E-state index contributed by atoms with van der Waals surface area (Å²) in [4.78, 5) is 12.0. The fourth-order valence-electron chi connectivity index (χ4n) is 3.48. The minimum atomic E-state index is 0.172. The van der Waals surface area contributed by atoms with E-state index >= 15 is 0 Å². The van der Waals surface area contributed by atoms with Crippen molar-refractivity contribution in [1.29, 1.82) is 0 Å². The summed E-state index contributed by atoms with van der Waals surface area (Å²) in [5.41, 5.74) is 1.09. The molecular formula is C16H21ClN2O. The van der Waals surface area contributed by atoms with E-state index in [1.165, 1.54) is 12.8 Å². The number of carbonyl (C=O) groups is 1. The lowest BCUT2D eigenvalue weighted by atomic mass is 9.89. The van der Waals surface area contributed by atoms with E-state index in [2.05, 4.69) is 10.6 Å². The summed E-state index contributed by atoms with van der Waals surface area (Å²) in [5.74, 6) is 0.727. The molecule has 2 unspecified atom stereocenters. The molecule has 2 atom stereocenters. The molecule has 3 rings (SSSR count). The Kier molecular flexibility index (Phi) is 4.27. The minimum absolute atomic E-state index is 0.172. The van der Waals surface area contributed by atoms with E-state index in [1.54, 1.807) is 0 Å². The van der Waals surface area contributed by atoms with Gasteiger partial charge in [-0.25, -0.2) is 0 Å². The lowest BCUT2D eigenvalue weighted by Gasteiger charge is -2.28. The lowest BCUT2D eigenvalue weighted by molar-refractivity contribution is -0.122. The summed E-state index contributed by atoms with van der Waals surface area (Å²) in [5, 5.41) is 7.35. The van der Waals surface area contributed by atoms with Gasteiger partial charge in [0.1, 0.15) is 0 Å². The van der Waals surface area contributed by atoms with Gasteiger partial charge in [0.05, 0.1) is 0 Å². The number of amides is 1. The fraction of sp³-hybridized carbons (Fsp3) is 0.562. The summed E-state index contributed by atoms with van der Waals surface area (Å²) >= 11 is 5.84. The number of carbonyl (C=O) groups excluding carboxylic acids is 1. The zero-order valence-electron chi connectivity index (χ0n) is 11.6. The van der Waals surface area contributed by atoms with Gasteiger partial charge in [-0.15, -0.1) is 0 Å². The van der Waals surface area contributed by atoms with Gasteiger partial charge < -0.3 is 10.6 Å². The van der Waals surface area contributed by atoms with Crippen molar-refractivity contribution in [3.8, 4) is 0 Å². The van der Waals surface area contributed by atoms with E-state index in [9.17, 15) is 4.79 Å². The van der Waals surface area contributed by atoms with Gasteiger partial charge in [0.25, 0.3) is 0 Å². The third-order valence-electron chi connectivity index (χ3n) is 4.45. The highest BCUT2D eigenvalue weighted by Gasteiger charge is 2.33.